The molecule has 0 radical (unpaired) electrons. The number of hydrogen-bond acceptors (Lipinski definition) is 5. The van der Waals surface area contributed by atoms with E-state index in [-0.39, 0.29) is 10.6 Å². The van der Waals surface area contributed by atoms with Crippen LogP contribution in [0.1, 0.15) is 10.8 Å². The van der Waals surface area contributed by atoms with Gasteiger partial charge in [0.25, 0.3) is 5.69 Å². The highest BCUT2D eigenvalue weighted by Gasteiger charge is 2.32. The molecular formula is C11H11N3O2S. The third kappa shape index (κ3) is 1.88. The van der Waals surface area contributed by atoms with Crippen LogP contribution in [-0.4, -0.2) is 34.6 Å². The Hall–Kier alpha value is -1.56. The molecule has 1 unspecified atom stereocenters. The van der Waals surface area contributed by atoms with E-state index < -0.39 is 0 Å². The van der Waals surface area contributed by atoms with Gasteiger partial charge in [-0.25, -0.2) is 0 Å². The lowest BCUT2D eigenvalue weighted by Gasteiger charge is -2.11. The van der Waals surface area contributed by atoms with Crippen molar-refractivity contribution in [3.63, 3.8) is 0 Å². The Labute approximate surface area is 103 Å². The molecule has 1 fully saturated rings. The molecular weight excluding hydrogens is 238 g/mol. The molecule has 0 saturated carbocycles. The van der Waals surface area contributed by atoms with E-state index in [2.05, 4.69) is 9.89 Å². The summed E-state index contributed by atoms with van der Waals surface area (Å²) in [5.41, 5.74) is 1.28. The van der Waals surface area contributed by atoms with Gasteiger partial charge >= 0.3 is 0 Å². The molecule has 1 aromatic rings. The fraction of sp³-hybridized carbons (Fsp3) is 0.364. The van der Waals surface area contributed by atoms with Crippen LogP contribution in [0.25, 0.3) is 0 Å². The van der Waals surface area contributed by atoms with Gasteiger partial charge in [-0.1, -0.05) is 23.9 Å². The van der Waals surface area contributed by atoms with Crippen molar-refractivity contribution in [1.82, 2.24) is 4.90 Å². The Morgan fingerprint density at radius 2 is 2.18 bits per heavy atom. The maximum atomic E-state index is 10.6. The number of nitro benzene ring substituents is 1. The molecule has 1 atom stereocenters. The Bertz CT molecular complexity index is 486. The summed E-state index contributed by atoms with van der Waals surface area (Å²) in [6.45, 7) is 2.86. The molecule has 5 nitrogen and oxygen atoms in total. The SMILES string of the molecule is O=[N+]([O-])c1ccc(C2CN3CCN=C3S2)cc1. The van der Waals surface area contributed by atoms with Gasteiger partial charge in [-0.05, 0) is 5.56 Å². The zero-order chi connectivity index (χ0) is 11.8. The summed E-state index contributed by atoms with van der Waals surface area (Å²) in [5, 5.41) is 12.0. The van der Waals surface area contributed by atoms with Gasteiger partial charge in [0.2, 0.25) is 0 Å². The normalized spacial score (nSPS) is 22.5. The van der Waals surface area contributed by atoms with Gasteiger partial charge in [-0.3, -0.25) is 15.1 Å². The number of benzene rings is 1. The van der Waals surface area contributed by atoms with Gasteiger partial charge in [-0.15, -0.1) is 0 Å². The predicted molar refractivity (Wildman–Crippen MR) is 67.3 cm³/mol. The van der Waals surface area contributed by atoms with Gasteiger partial charge in [0.15, 0.2) is 5.17 Å². The summed E-state index contributed by atoms with van der Waals surface area (Å²) in [4.78, 5) is 16.9. The minimum absolute atomic E-state index is 0.148. The lowest BCUT2D eigenvalue weighted by atomic mass is 10.1. The van der Waals surface area contributed by atoms with Crippen LogP contribution in [-0.2, 0) is 0 Å². The van der Waals surface area contributed by atoms with Crippen molar-refractivity contribution in [2.24, 2.45) is 4.99 Å². The molecule has 0 spiro atoms. The zero-order valence-electron chi connectivity index (χ0n) is 9.07. The summed E-state index contributed by atoms with van der Waals surface area (Å²) in [6, 6.07) is 6.83. The standard InChI is InChI=1S/C11H11N3O2S/c15-14(16)9-3-1-8(2-4-9)10-7-13-6-5-12-11(13)17-10/h1-4,10H,5-7H2. The fourth-order valence-corrected chi connectivity index (χ4v) is 3.37. The second kappa shape index (κ2) is 4.03. The number of nitrogens with zero attached hydrogens (tertiary/aromatic N) is 3. The number of aliphatic imine (C=N–C) groups is 1. The monoisotopic (exact) mass is 249 g/mol. The molecule has 3 rings (SSSR count). The molecule has 0 aromatic heterocycles. The molecule has 2 aliphatic heterocycles. The van der Waals surface area contributed by atoms with Gasteiger partial charge in [0.1, 0.15) is 0 Å². The Balaban J connectivity index is 1.79. The van der Waals surface area contributed by atoms with Crippen LogP contribution >= 0.6 is 11.8 Å². The smallest absolute Gasteiger partial charge is 0.269 e. The number of nitro groups is 1. The summed E-state index contributed by atoms with van der Waals surface area (Å²) < 4.78 is 0. The summed E-state index contributed by atoms with van der Waals surface area (Å²) in [7, 11) is 0. The van der Waals surface area contributed by atoms with Crippen molar-refractivity contribution >= 4 is 22.6 Å². The van der Waals surface area contributed by atoms with Crippen LogP contribution in [0, 0.1) is 10.1 Å². The van der Waals surface area contributed by atoms with Crippen molar-refractivity contribution in [2.45, 2.75) is 5.25 Å². The Kier molecular flexibility index (Phi) is 2.51. The summed E-state index contributed by atoms with van der Waals surface area (Å²) in [6.07, 6.45) is 0. The second-order valence-corrected chi connectivity index (χ2v) is 5.24. The molecule has 2 aliphatic rings. The highest BCUT2D eigenvalue weighted by atomic mass is 32.2. The number of hydrogen-bond donors (Lipinski definition) is 0. The Morgan fingerprint density at radius 1 is 1.41 bits per heavy atom. The van der Waals surface area contributed by atoms with E-state index in [4.69, 9.17) is 0 Å². The molecule has 17 heavy (non-hydrogen) atoms. The van der Waals surface area contributed by atoms with E-state index >= 15 is 0 Å². The third-order valence-corrected chi connectivity index (χ3v) is 4.30. The minimum Gasteiger partial charge on any atom is -0.348 e. The van der Waals surface area contributed by atoms with Gasteiger partial charge in [-0.2, -0.15) is 0 Å². The van der Waals surface area contributed by atoms with Crippen LogP contribution in [0.5, 0.6) is 0 Å². The lowest BCUT2D eigenvalue weighted by molar-refractivity contribution is -0.384. The molecule has 1 aromatic carbocycles. The van der Waals surface area contributed by atoms with E-state index in [1.165, 1.54) is 0 Å². The van der Waals surface area contributed by atoms with Crippen molar-refractivity contribution in [1.29, 1.82) is 0 Å². The first-order chi connectivity index (χ1) is 8.24. The van der Waals surface area contributed by atoms with E-state index in [0.29, 0.717) is 5.25 Å². The molecule has 0 bridgehead atoms. The molecule has 0 N–H and O–H groups in total. The maximum Gasteiger partial charge on any atom is 0.269 e. The molecule has 88 valence electrons. The molecule has 2 heterocycles. The van der Waals surface area contributed by atoms with Crippen molar-refractivity contribution in [3.05, 3.63) is 39.9 Å². The van der Waals surface area contributed by atoms with E-state index in [9.17, 15) is 10.1 Å². The van der Waals surface area contributed by atoms with Gasteiger partial charge < -0.3 is 4.90 Å². The molecule has 6 heteroatoms. The largest absolute Gasteiger partial charge is 0.348 e. The quantitative estimate of drug-likeness (QED) is 0.594. The van der Waals surface area contributed by atoms with Crippen LogP contribution in [0.3, 0.4) is 0 Å². The summed E-state index contributed by atoms with van der Waals surface area (Å²) >= 11 is 1.75. The highest BCUT2D eigenvalue weighted by molar-refractivity contribution is 8.14. The van der Waals surface area contributed by atoms with Crippen molar-refractivity contribution < 1.29 is 4.92 Å². The maximum absolute atomic E-state index is 10.6. The third-order valence-electron chi connectivity index (χ3n) is 3.00. The highest BCUT2D eigenvalue weighted by Crippen LogP contribution is 2.39. The van der Waals surface area contributed by atoms with Gasteiger partial charge in [0, 0.05) is 25.2 Å². The molecule has 0 aliphatic carbocycles. The first kappa shape index (κ1) is 10.6. The van der Waals surface area contributed by atoms with Crippen molar-refractivity contribution in [2.75, 3.05) is 19.6 Å². The number of amidine groups is 1. The van der Waals surface area contributed by atoms with Crippen LogP contribution in [0.15, 0.2) is 29.3 Å². The topological polar surface area (TPSA) is 58.7 Å². The zero-order valence-corrected chi connectivity index (χ0v) is 9.89. The average molecular weight is 249 g/mol. The Morgan fingerprint density at radius 3 is 2.82 bits per heavy atom. The van der Waals surface area contributed by atoms with Crippen LogP contribution < -0.4 is 0 Å². The first-order valence-electron chi connectivity index (χ1n) is 5.44. The lowest BCUT2D eigenvalue weighted by Crippen LogP contribution is -2.21. The predicted octanol–water partition coefficient (Wildman–Crippen LogP) is 2.05. The van der Waals surface area contributed by atoms with E-state index in [1.54, 1.807) is 23.9 Å². The van der Waals surface area contributed by atoms with E-state index in [0.717, 1.165) is 30.4 Å². The van der Waals surface area contributed by atoms with Crippen LogP contribution in [0.4, 0.5) is 5.69 Å². The first-order valence-corrected chi connectivity index (χ1v) is 6.32. The van der Waals surface area contributed by atoms with E-state index in [1.807, 2.05) is 12.1 Å². The van der Waals surface area contributed by atoms with Crippen LogP contribution in [0.2, 0.25) is 0 Å². The van der Waals surface area contributed by atoms with Crippen molar-refractivity contribution in [3.8, 4) is 0 Å². The number of fused-ring (bicyclic) bond motifs is 1. The number of thioether (sulfide) groups is 1. The summed E-state index contributed by atoms with van der Waals surface area (Å²) in [5.74, 6) is 0. The minimum atomic E-state index is -0.367. The number of rotatable bonds is 2. The second-order valence-electron chi connectivity index (χ2n) is 4.07. The molecule has 1 saturated heterocycles. The molecule has 0 amide bonds. The average Bonchev–Trinajstić information content (AvgIpc) is 2.89. The van der Waals surface area contributed by atoms with Gasteiger partial charge in [0.05, 0.1) is 16.7 Å². The fourth-order valence-electron chi connectivity index (χ4n) is 2.09. The number of non-ortho nitro benzene ring substituents is 1.